The number of rotatable bonds is 4. The highest BCUT2D eigenvalue weighted by molar-refractivity contribution is 7.10. The maximum atomic E-state index is 12.6. The minimum atomic E-state index is 0.0421. The summed E-state index contributed by atoms with van der Waals surface area (Å²) in [5, 5.41) is 0.963. The van der Waals surface area contributed by atoms with Crippen LogP contribution in [0, 0.1) is 6.92 Å². The van der Waals surface area contributed by atoms with E-state index in [0.29, 0.717) is 19.9 Å². The molecule has 2 rings (SSSR count). The van der Waals surface area contributed by atoms with E-state index in [1.54, 1.807) is 0 Å². The van der Waals surface area contributed by atoms with Crippen LogP contribution in [0.2, 0.25) is 0 Å². The number of nitrogens with zero attached hydrogens (tertiary/aromatic N) is 4. The lowest BCUT2D eigenvalue weighted by molar-refractivity contribution is 0.139. The summed E-state index contributed by atoms with van der Waals surface area (Å²) < 4.78 is 4.45. The Balaban J connectivity index is 2.27. The minimum Gasteiger partial charge on any atom is -0.307 e. The normalized spacial score (nSPS) is 16.9. The maximum Gasteiger partial charge on any atom is 0.327 e. The van der Waals surface area contributed by atoms with Crippen molar-refractivity contribution in [2.24, 2.45) is 0 Å². The van der Waals surface area contributed by atoms with Crippen molar-refractivity contribution >= 4 is 22.6 Å². The molecule has 1 aliphatic heterocycles. The number of aromatic nitrogens is 1. The average Bonchev–Trinajstić information content (AvgIpc) is 2.74. The van der Waals surface area contributed by atoms with Crippen LogP contribution >= 0.6 is 11.5 Å². The molecule has 2 amide bonds. The topological polar surface area (TPSA) is 39.7 Å². The molecule has 2 heterocycles. The Morgan fingerprint density at radius 3 is 2.70 bits per heavy atom. The molecule has 0 bridgehead atoms. The van der Waals surface area contributed by atoms with Gasteiger partial charge < -0.3 is 4.90 Å². The van der Waals surface area contributed by atoms with Crippen molar-refractivity contribution in [1.82, 2.24) is 14.2 Å². The van der Waals surface area contributed by atoms with Crippen molar-refractivity contribution in [3.05, 3.63) is 23.4 Å². The standard InChI is InChI=1S/C14H22N4OS/c1-6-12-11(4)13(20-15-12)18-9-16(5)8-17(14(18)19)7-10(2)3/h2,6-9H2,1,3-5H3. The second-order valence-corrected chi connectivity index (χ2v) is 6.17. The largest absolute Gasteiger partial charge is 0.327 e. The highest BCUT2D eigenvalue weighted by atomic mass is 32.1. The summed E-state index contributed by atoms with van der Waals surface area (Å²) in [4.78, 5) is 18.4. The number of hydrogen-bond donors (Lipinski definition) is 0. The first-order valence-corrected chi connectivity index (χ1v) is 7.55. The van der Waals surface area contributed by atoms with Gasteiger partial charge in [-0.05, 0) is 38.8 Å². The molecular formula is C14H22N4OS. The van der Waals surface area contributed by atoms with Gasteiger partial charge in [0.05, 0.1) is 19.0 Å². The molecule has 1 saturated heterocycles. The molecule has 0 aromatic carbocycles. The third-order valence-corrected chi connectivity index (χ3v) is 4.34. The number of urea groups is 1. The van der Waals surface area contributed by atoms with Gasteiger partial charge in [0, 0.05) is 12.1 Å². The summed E-state index contributed by atoms with van der Waals surface area (Å²) in [5.41, 5.74) is 3.19. The molecule has 0 saturated carbocycles. The number of hydrogen-bond acceptors (Lipinski definition) is 4. The monoisotopic (exact) mass is 294 g/mol. The smallest absolute Gasteiger partial charge is 0.307 e. The number of carbonyl (C=O) groups is 1. The van der Waals surface area contributed by atoms with Crippen LogP contribution in [0.1, 0.15) is 25.1 Å². The minimum absolute atomic E-state index is 0.0421. The highest BCUT2D eigenvalue weighted by Crippen LogP contribution is 2.30. The van der Waals surface area contributed by atoms with E-state index in [9.17, 15) is 4.79 Å². The van der Waals surface area contributed by atoms with Gasteiger partial charge in [0.2, 0.25) is 0 Å². The number of amides is 2. The predicted molar refractivity (Wildman–Crippen MR) is 83.1 cm³/mol. The van der Waals surface area contributed by atoms with E-state index in [2.05, 4.69) is 22.8 Å². The number of aryl methyl sites for hydroxylation is 1. The molecule has 0 N–H and O–H groups in total. The van der Waals surface area contributed by atoms with E-state index in [1.807, 2.05) is 30.7 Å². The first-order chi connectivity index (χ1) is 9.43. The van der Waals surface area contributed by atoms with Crippen molar-refractivity contribution in [3.63, 3.8) is 0 Å². The zero-order valence-electron chi connectivity index (χ0n) is 12.6. The summed E-state index contributed by atoms with van der Waals surface area (Å²) in [5.74, 6) is 0. The van der Waals surface area contributed by atoms with Crippen molar-refractivity contribution in [2.75, 3.05) is 31.8 Å². The summed E-state index contributed by atoms with van der Waals surface area (Å²) in [6, 6.07) is 0.0421. The Hall–Kier alpha value is -1.40. The molecule has 5 nitrogen and oxygen atoms in total. The molecule has 0 radical (unpaired) electrons. The zero-order valence-corrected chi connectivity index (χ0v) is 13.5. The fourth-order valence-corrected chi connectivity index (χ4v) is 3.36. The van der Waals surface area contributed by atoms with Gasteiger partial charge in [0.15, 0.2) is 0 Å². The SMILES string of the molecule is C=C(C)CN1CN(C)CN(c2snc(CC)c2C)C1=O. The Labute approximate surface area is 124 Å². The molecule has 1 fully saturated rings. The Morgan fingerprint density at radius 2 is 2.15 bits per heavy atom. The van der Waals surface area contributed by atoms with Crippen molar-refractivity contribution in [1.29, 1.82) is 0 Å². The van der Waals surface area contributed by atoms with Gasteiger partial charge in [-0.1, -0.05) is 19.1 Å². The van der Waals surface area contributed by atoms with E-state index < -0.39 is 0 Å². The highest BCUT2D eigenvalue weighted by Gasteiger charge is 2.31. The molecule has 1 aromatic rings. The van der Waals surface area contributed by atoms with E-state index in [1.165, 1.54) is 11.5 Å². The van der Waals surface area contributed by atoms with Gasteiger partial charge in [0.1, 0.15) is 5.00 Å². The number of carbonyl (C=O) groups excluding carboxylic acids is 1. The molecule has 1 aliphatic rings. The summed E-state index contributed by atoms with van der Waals surface area (Å²) in [7, 11) is 2.02. The molecular weight excluding hydrogens is 272 g/mol. The molecule has 0 atom stereocenters. The van der Waals surface area contributed by atoms with Crippen LogP contribution in [0.3, 0.4) is 0 Å². The molecule has 0 aliphatic carbocycles. The fourth-order valence-electron chi connectivity index (χ4n) is 2.40. The lowest BCUT2D eigenvalue weighted by Crippen LogP contribution is -2.57. The third kappa shape index (κ3) is 2.86. The zero-order chi connectivity index (χ0) is 14.9. The maximum absolute atomic E-state index is 12.6. The third-order valence-electron chi connectivity index (χ3n) is 3.33. The van der Waals surface area contributed by atoms with Crippen molar-refractivity contribution in [3.8, 4) is 0 Å². The van der Waals surface area contributed by atoms with Gasteiger partial charge in [-0.25, -0.2) is 4.79 Å². The van der Waals surface area contributed by atoms with Crippen LogP contribution in [0.4, 0.5) is 9.80 Å². The van der Waals surface area contributed by atoms with Gasteiger partial charge in [-0.3, -0.25) is 9.80 Å². The van der Waals surface area contributed by atoms with Crippen LogP contribution in [-0.2, 0) is 6.42 Å². The summed E-state index contributed by atoms with van der Waals surface area (Å²) in [6.07, 6.45) is 0.898. The van der Waals surface area contributed by atoms with Gasteiger partial charge >= 0.3 is 6.03 Å². The number of anilines is 1. The van der Waals surface area contributed by atoms with Gasteiger partial charge in [0.25, 0.3) is 0 Å². The Bertz CT molecular complexity index is 525. The lowest BCUT2D eigenvalue weighted by Gasteiger charge is -2.40. The van der Waals surface area contributed by atoms with Crippen LogP contribution < -0.4 is 4.90 Å². The summed E-state index contributed by atoms with van der Waals surface area (Å²) >= 11 is 1.41. The Kier molecular flexibility index (Phi) is 4.45. The van der Waals surface area contributed by atoms with Crippen molar-refractivity contribution < 1.29 is 4.79 Å². The molecule has 6 heteroatoms. The molecule has 1 aromatic heterocycles. The molecule has 0 unspecified atom stereocenters. The summed E-state index contributed by atoms with van der Waals surface area (Å²) in [6.45, 7) is 11.8. The first-order valence-electron chi connectivity index (χ1n) is 6.78. The van der Waals surface area contributed by atoms with Crippen LogP contribution in [-0.4, -0.2) is 47.1 Å². The predicted octanol–water partition coefficient (Wildman–Crippen LogP) is 2.68. The second-order valence-electron chi connectivity index (χ2n) is 5.42. The van der Waals surface area contributed by atoms with E-state index in [4.69, 9.17) is 0 Å². The van der Waals surface area contributed by atoms with Crippen LogP contribution in [0.15, 0.2) is 12.2 Å². The molecule has 0 spiro atoms. The molecule has 20 heavy (non-hydrogen) atoms. The van der Waals surface area contributed by atoms with Gasteiger partial charge in [-0.15, -0.1) is 0 Å². The van der Waals surface area contributed by atoms with E-state index in [-0.39, 0.29) is 6.03 Å². The van der Waals surface area contributed by atoms with Gasteiger partial charge in [-0.2, -0.15) is 4.37 Å². The average molecular weight is 294 g/mol. The van der Waals surface area contributed by atoms with Crippen LogP contribution in [0.5, 0.6) is 0 Å². The van der Waals surface area contributed by atoms with Crippen LogP contribution in [0.25, 0.3) is 0 Å². The first kappa shape index (κ1) is 15.0. The molecule has 110 valence electrons. The quantitative estimate of drug-likeness (QED) is 0.802. The second kappa shape index (κ2) is 5.93. The van der Waals surface area contributed by atoms with Crippen molar-refractivity contribution in [2.45, 2.75) is 27.2 Å². The Morgan fingerprint density at radius 1 is 1.45 bits per heavy atom. The van der Waals surface area contributed by atoms with E-state index >= 15 is 0 Å². The van der Waals surface area contributed by atoms with E-state index in [0.717, 1.165) is 28.3 Å². The lowest BCUT2D eigenvalue weighted by atomic mass is 10.2. The fraction of sp³-hybridized carbons (Fsp3) is 0.571.